The molecule has 1 aliphatic rings. The van der Waals surface area contributed by atoms with E-state index in [0.29, 0.717) is 5.92 Å². The number of ether oxygens (including phenoxy) is 2. The molecule has 0 aromatic rings. The molecule has 0 aromatic carbocycles. The Labute approximate surface area is 117 Å². The van der Waals surface area contributed by atoms with E-state index in [1.54, 1.807) is 35.5 Å². The Bertz CT molecular complexity index is 239. The fourth-order valence-corrected chi connectivity index (χ4v) is 4.78. The van der Waals surface area contributed by atoms with E-state index in [9.17, 15) is 0 Å². The van der Waals surface area contributed by atoms with Crippen LogP contribution in [0.5, 0.6) is 0 Å². The van der Waals surface area contributed by atoms with Crippen molar-refractivity contribution in [3.8, 4) is 0 Å². The van der Waals surface area contributed by atoms with Crippen LogP contribution in [0.4, 0.5) is 0 Å². The van der Waals surface area contributed by atoms with Crippen molar-refractivity contribution in [2.45, 2.75) is 43.9 Å². The monoisotopic (exact) mass is 292 g/mol. The normalized spacial score (nSPS) is 28.6. The second kappa shape index (κ2) is 8.34. The third-order valence-electron chi connectivity index (χ3n) is 4.24. The molecule has 0 saturated heterocycles. The molecular weight excluding hydrogens is 264 g/mol. The largest absolute Gasteiger partial charge is 0.500 e. The molecule has 114 valence electrons. The van der Waals surface area contributed by atoms with Crippen LogP contribution in [0.1, 0.15) is 25.7 Å². The summed E-state index contributed by atoms with van der Waals surface area (Å²) >= 11 is 0. The highest BCUT2D eigenvalue weighted by Crippen LogP contribution is 2.33. The third-order valence-corrected chi connectivity index (χ3v) is 7.00. The van der Waals surface area contributed by atoms with Gasteiger partial charge in [-0.3, -0.25) is 0 Å². The summed E-state index contributed by atoms with van der Waals surface area (Å²) in [4.78, 5) is 0. The average molecular weight is 292 g/mol. The zero-order valence-electron chi connectivity index (χ0n) is 12.8. The van der Waals surface area contributed by atoms with Crippen molar-refractivity contribution in [1.82, 2.24) is 0 Å². The van der Waals surface area contributed by atoms with Crippen molar-refractivity contribution in [2.24, 2.45) is 5.92 Å². The quantitative estimate of drug-likeness (QED) is 0.641. The first-order valence-corrected chi connectivity index (χ1v) is 8.78. The minimum absolute atomic E-state index is 0.201. The van der Waals surface area contributed by atoms with Gasteiger partial charge in [0.05, 0.1) is 12.2 Å². The Kier molecular flexibility index (Phi) is 7.49. The van der Waals surface area contributed by atoms with Crippen LogP contribution in [0.2, 0.25) is 6.04 Å². The highest BCUT2D eigenvalue weighted by Gasteiger charge is 2.39. The second-order valence-corrected chi connectivity index (χ2v) is 8.15. The molecule has 1 fully saturated rings. The molecule has 1 saturated carbocycles. The van der Waals surface area contributed by atoms with E-state index in [-0.39, 0.29) is 12.2 Å². The van der Waals surface area contributed by atoms with E-state index in [2.05, 4.69) is 0 Å². The summed E-state index contributed by atoms with van der Waals surface area (Å²) < 4.78 is 27.4. The Morgan fingerprint density at radius 2 is 1.42 bits per heavy atom. The summed E-state index contributed by atoms with van der Waals surface area (Å²) in [5.41, 5.74) is 0. The lowest BCUT2D eigenvalue weighted by Gasteiger charge is -2.35. The maximum atomic E-state index is 5.53. The highest BCUT2D eigenvalue weighted by molar-refractivity contribution is 6.60. The maximum Gasteiger partial charge on any atom is 0.500 e. The fourth-order valence-electron chi connectivity index (χ4n) is 2.90. The Morgan fingerprint density at radius 1 is 0.842 bits per heavy atom. The average Bonchev–Trinajstić information content (AvgIpc) is 2.49. The van der Waals surface area contributed by atoms with Crippen LogP contribution in [-0.4, -0.2) is 56.6 Å². The Balaban J connectivity index is 2.46. The smallest absolute Gasteiger partial charge is 0.379 e. The molecule has 5 nitrogen and oxygen atoms in total. The fraction of sp³-hybridized carbons (Fsp3) is 1.00. The van der Waals surface area contributed by atoms with Crippen LogP contribution >= 0.6 is 0 Å². The summed E-state index contributed by atoms with van der Waals surface area (Å²) in [6.45, 7) is 0. The topological polar surface area (TPSA) is 46.2 Å². The van der Waals surface area contributed by atoms with Crippen LogP contribution < -0.4 is 0 Å². The van der Waals surface area contributed by atoms with Crippen LogP contribution in [0, 0.1) is 5.92 Å². The molecule has 0 radical (unpaired) electrons. The molecule has 0 bridgehead atoms. The minimum Gasteiger partial charge on any atom is -0.379 e. The molecule has 0 aromatic heterocycles. The summed E-state index contributed by atoms with van der Waals surface area (Å²) in [6, 6.07) is 0.856. The zero-order valence-corrected chi connectivity index (χ0v) is 13.8. The first-order valence-electron chi connectivity index (χ1n) is 6.85. The third kappa shape index (κ3) is 4.51. The minimum atomic E-state index is -2.43. The van der Waals surface area contributed by atoms with Gasteiger partial charge in [-0.25, -0.2) is 0 Å². The lowest BCUT2D eigenvalue weighted by Crippen LogP contribution is -2.43. The van der Waals surface area contributed by atoms with E-state index in [4.69, 9.17) is 22.8 Å². The first-order chi connectivity index (χ1) is 9.14. The van der Waals surface area contributed by atoms with Crippen molar-refractivity contribution in [1.29, 1.82) is 0 Å². The van der Waals surface area contributed by atoms with E-state index in [0.717, 1.165) is 25.3 Å². The zero-order chi connectivity index (χ0) is 14.3. The summed E-state index contributed by atoms with van der Waals surface area (Å²) in [6.07, 6.45) is 4.75. The van der Waals surface area contributed by atoms with E-state index in [1.807, 2.05) is 0 Å². The first kappa shape index (κ1) is 17.1. The van der Waals surface area contributed by atoms with Gasteiger partial charge >= 0.3 is 8.80 Å². The molecule has 19 heavy (non-hydrogen) atoms. The van der Waals surface area contributed by atoms with E-state index in [1.165, 1.54) is 6.42 Å². The second-order valence-electron chi connectivity index (χ2n) is 5.06. The van der Waals surface area contributed by atoms with Gasteiger partial charge in [0.25, 0.3) is 0 Å². The van der Waals surface area contributed by atoms with Crippen LogP contribution in [0.3, 0.4) is 0 Å². The van der Waals surface area contributed by atoms with Crippen LogP contribution in [-0.2, 0) is 22.8 Å². The Hall–Kier alpha value is 0.0169. The molecule has 1 aliphatic carbocycles. The van der Waals surface area contributed by atoms with E-state index < -0.39 is 8.80 Å². The standard InChI is InChI=1S/C13H28O5Si/c1-14-12-7-6-11(10-13(12)15-2)8-9-19(16-3,17-4)18-5/h11-13H,6-10H2,1-5H3. The lowest BCUT2D eigenvalue weighted by atomic mass is 9.83. The number of rotatable bonds is 8. The van der Waals surface area contributed by atoms with Gasteiger partial charge in [0, 0.05) is 41.6 Å². The summed E-state index contributed by atoms with van der Waals surface area (Å²) in [5.74, 6) is 0.628. The van der Waals surface area contributed by atoms with Gasteiger partial charge in [0.2, 0.25) is 0 Å². The molecule has 0 amide bonds. The molecular formula is C13H28O5Si. The molecule has 0 N–H and O–H groups in total. The van der Waals surface area contributed by atoms with Crippen molar-refractivity contribution in [2.75, 3.05) is 35.5 Å². The van der Waals surface area contributed by atoms with Gasteiger partial charge in [0.1, 0.15) is 0 Å². The van der Waals surface area contributed by atoms with Gasteiger partial charge in [-0.2, -0.15) is 0 Å². The maximum absolute atomic E-state index is 5.53. The van der Waals surface area contributed by atoms with Crippen LogP contribution in [0.25, 0.3) is 0 Å². The van der Waals surface area contributed by atoms with E-state index >= 15 is 0 Å². The van der Waals surface area contributed by atoms with Crippen molar-refractivity contribution in [3.63, 3.8) is 0 Å². The van der Waals surface area contributed by atoms with Gasteiger partial charge in [-0.15, -0.1) is 0 Å². The summed E-state index contributed by atoms with van der Waals surface area (Å²) in [7, 11) is 6.09. The van der Waals surface area contributed by atoms with Gasteiger partial charge in [-0.05, 0) is 31.6 Å². The molecule has 0 aliphatic heterocycles. The van der Waals surface area contributed by atoms with Crippen molar-refractivity contribution >= 4 is 8.80 Å². The molecule has 6 heteroatoms. The SMILES string of the molecule is COC1CCC(CC[Si](OC)(OC)OC)CC1OC. The van der Waals surface area contributed by atoms with Crippen molar-refractivity contribution < 1.29 is 22.8 Å². The summed E-state index contributed by atoms with van der Waals surface area (Å²) in [5, 5.41) is 0. The predicted octanol–water partition coefficient (Wildman–Crippen LogP) is 2.08. The predicted molar refractivity (Wildman–Crippen MR) is 75.1 cm³/mol. The number of hydrogen-bond acceptors (Lipinski definition) is 5. The number of hydrogen-bond donors (Lipinski definition) is 0. The molecule has 3 atom stereocenters. The van der Waals surface area contributed by atoms with Gasteiger partial charge in [0.15, 0.2) is 0 Å². The Morgan fingerprint density at radius 3 is 1.89 bits per heavy atom. The van der Waals surface area contributed by atoms with Crippen LogP contribution in [0.15, 0.2) is 0 Å². The van der Waals surface area contributed by atoms with Gasteiger partial charge in [-0.1, -0.05) is 0 Å². The molecule has 0 spiro atoms. The van der Waals surface area contributed by atoms with Gasteiger partial charge < -0.3 is 22.8 Å². The lowest BCUT2D eigenvalue weighted by molar-refractivity contribution is -0.0709. The van der Waals surface area contributed by atoms with Crippen molar-refractivity contribution in [3.05, 3.63) is 0 Å². The molecule has 3 unspecified atom stereocenters. The number of methoxy groups -OCH3 is 2. The molecule has 0 heterocycles. The highest BCUT2D eigenvalue weighted by atomic mass is 28.4. The molecule has 1 rings (SSSR count).